The maximum atomic E-state index is 6.03. The van der Waals surface area contributed by atoms with E-state index >= 15 is 0 Å². The predicted molar refractivity (Wildman–Crippen MR) is 239 cm³/mol. The van der Waals surface area contributed by atoms with Crippen LogP contribution in [0.3, 0.4) is 0 Å². The Kier molecular flexibility index (Phi) is 17.7. The second-order valence-electron chi connectivity index (χ2n) is 12.2. The number of nitrogens with zero attached hydrogens (tertiary/aromatic N) is 4. The molecule has 0 bridgehead atoms. The average Bonchev–Trinajstić information content (AvgIpc) is 4.10. The Morgan fingerprint density at radius 3 is 1.57 bits per heavy atom. The molecule has 1 atom stereocenters. The van der Waals surface area contributed by atoms with Gasteiger partial charge in [0, 0.05) is 74.2 Å². The maximum Gasteiger partial charge on any atom is 0.200 e. The molecule has 4 heterocycles. The van der Waals surface area contributed by atoms with Crippen molar-refractivity contribution in [1.29, 1.82) is 0 Å². The molecule has 8 N–H and O–H groups in total. The molecule has 17 heteroatoms. The van der Waals surface area contributed by atoms with E-state index in [4.69, 9.17) is 58.0 Å². The first-order valence-corrected chi connectivity index (χ1v) is 19.7. The van der Waals surface area contributed by atoms with E-state index in [0.29, 0.717) is 45.7 Å². The number of hydrogen-bond donors (Lipinski definition) is 8. The van der Waals surface area contributed by atoms with Crippen molar-refractivity contribution in [3.05, 3.63) is 188 Å². The van der Waals surface area contributed by atoms with Gasteiger partial charge in [-0.2, -0.15) is 0 Å². The van der Waals surface area contributed by atoms with Gasteiger partial charge >= 0.3 is 0 Å². The summed E-state index contributed by atoms with van der Waals surface area (Å²) in [6.07, 6.45) is 13.9. The van der Waals surface area contributed by atoms with Crippen LogP contribution in [0.1, 0.15) is 35.2 Å². The van der Waals surface area contributed by atoms with E-state index in [1.54, 1.807) is 61.7 Å². The van der Waals surface area contributed by atoms with Gasteiger partial charge in [-0.15, -0.1) is 0 Å². The number of anilines is 4. The average molecular weight is 879 g/mol. The van der Waals surface area contributed by atoms with Gasteiger partial charge in [0.15, 0.2) is 17.8 Å². The second-order valence-corrected chi connectivity index (χ2v) is 14.2. The van der Waals surface area contributed by atoms with Gasteiger partial charge in [0.2, 0.25) is 5.95 Å². The Morgan fingerprint density at radius 1 is 0.500 bits per heavy atom. The molecule has 0 aliphatic rings. The molecule has 4 aromatic carbocycles. The van der Waals surface area contributed by atoms with Gasteiger partial charge < -0.3 is 41.2 Å². The molecule has 0 radical (unpaired) electrons. The summed E-state index contributed by atoms with van der Waals surface area (Å²) >= 11 is 29.5. The summed E-state index contributed by atoms with van der Waals surface area (Å²) in [5, 5.41) is 15.7. The minimum atomic E-state index is 0.266. The fraction of sp³-hybridized carbons (Fsp3) is 0.122. The van der Waals surface area contributed by atoms with E-state index in [9.17, 15) is 0 Å². The SMILES string of the molecule is CC(Nc1ncc[nH]1)c1ccccc1.Clc1ccc(CNc2ncc[nH]2)cc1Cl.Clc1cccc(CNc2ncc[nH]2)c1.Clc1cccc(CNc2ncc[nH]2)c1Cl. The van der Waals surface area contributed by atoms with Gasteiger partial charge in [-0.25, -0.2) is 19.9 Å². The molecule has 1 unspecified atom stereocenters. The monoisotopic (exact) mass is 876 g/mol. The van der Waals surface area contributed by atoms with Crippen molar-refractivity contribution in [2.75, 3.05) is 21.3 Å². The number of nitrogens with one attached hydrogen (secondary N) is 8. The third-order valence-corrected chi connectivity index (χ3v) is 9.75. The Balaban J connectivity index is 0.000000147. The van der Waals surface area contributed by atoms with Crippen molar-refractivity contribution in [2.45, 2.75) is 32.6 Å². The highest BCUT2D eigenvalue weighted by Crippen LogP contribution is 2.26. The molecule has 0 saturated carbocycles. The van der Waals surface area contributed by atoms with Gasteiger partial charge in [-0.1, -0.05) is 119 Å². The molecule has 0 spiro atoms. The third-order valence-electron chi connectivity index (χ3n) is 7.92. The molecular formula is C41H41Cl5N12. The van der Waals surface area contributed by atoms with Crippen LogP contribution >= 0.6 is 58.0 Å². The first kappa shape index (κ1) is 43.5. The van der Waals surface area contributed by atoms with Gasteiger partial charge in [0.05, 0.1) is 26.1 Å². The Labute approximate surface area is 361 Å². The van der Waals surface area contributed by atoms with Crippen LogP contribution in [0.25, 0.3) is 0 Å². The summed E-state index contributed by atoms with van der Waals surface area (Å²) in [6, 6.07) is 29.4. The molecule has 0 amide bonds. The van der Waals surface area contributed by atoms with E-state index in [2.05, 4.69) is 80.2 Å². The lowest BCUT2D eigenvalue weighted by molar-refractivity contribution is 0.867. The van der Waals surface area contributed by atoms with E-state index < -0.39 is 0 Å². The van der Waals surface area contributed by atoms with Gasteiger partial charge in [0.25, 0.3) is 0 Å². The summed E-state index contributed by atoms with van der Waals surface area (Å²) in [5.74, 6) is 3.03. The summed E-state index contributed by atoms with van der Waals surface area (Å²) in [5.41, 5.74) is 4.39. The van der Waals surface area contributed by atoms with Crippen molar-refractivity contribution in [3.8, 4) is 0 Å². The molecule has 8 aromatic rings. The number of H-pyrrole nitrogens is 4. The molecular weight excluding hydrogens is 838 g/mol. The number of imidazole rings is 4. The lowest BCUT2D eigenvalue weighted by atomic mass is 10.1. The van der Waals surface area contributed by atoms with Crippen molar-refractivity contribution in [1.82, 2.24) is 39.9 Å². The maximum absolute atomic E-state index is 6.03. The van der Waals surface area contributed by atoms with Crippen LogP contribution in [0.2, 0.25) is 25.1 Å². The van der Waals surface area contributed by atoms with Crippen LogP contribution in [-0.2, 0) is 19.6 Å². The third kappa shape index (κ3) is 15.0. The normalized spacial score (nSPS) is 10.7. The number of aromatic amines is 4. The number of halogens is 5. The number of aromatic nitrogens is 8. The Hall–Kier alpha value is -5.63. The van der Waals surface area contributed by atoms with Crippen LogP contribution in [0.15, 0.2) is 141 Å². The molecule has 58 heavy (non-hydrogen) atoms. The summed E-state index contributed by atoms with van der Waals surface area (Å²) in [6.45, 7) is 4.07. The lowest BCUT2D eigenvalue weighted by Gasteiger charge is -2.12. The van der Waals surface area contributed by atoms with Crippen molar-refractivity contribution in [2.24, 2.45) is 0 Å². The molecule has 12 nitrogen and oxygen atoms in total. The smallest absolute Gasteiger partial charge is 0.200 e. The largest absolute Gasteiger partial charge is 0.352 e. The first-order chi connectivity index (χ1) is 28.2. The van der Waals surface area contributed by atoms with Crippen molar-refractivity contribution >= 4 is 81.8 Å². The van der Waals surface area contributed by atoms with Crippen LogP contribution in [0.4, 0.5) is 23.8 Å². The second kappa shape index (κ2) is 23.6. The molecule has 4 aromatic heterocycles. The van der Waals surface area contributed by atoms with Gasteiger partial charge in [0.1, 0.15) is 0 Å². The van der Waals surface area contributed by atoms with Crippen LogP contribution in [-0.4, -0.2) is 39.9 Å². The fourth-order valence-electron chi connectivity index (χ4n) is 4.99. The standard InChI is InChI=1S/C11H13N3.2C10H9Cl2N3.C10H10ClN3/c1-9(10-5-3-2-4-6-10)14-11-12-7-8-13-11;11-8-2-1-7(5-9(8)12)6-15-10-13-3-4-14-10;11-8-3-1-2-7(9(8)12)6-15-10-13-4-5-14-10;11-9-3-1-2-8(6-9)7-14-10-12-4-5-13-10/h2-9H,1H3,(H2,12,13,14);2*1-5H,6H2,(H2,13,14,15);1-6H,7H2,(H2,12,13,14). The predicted octanol–water partition coefficient (Wildman–Crippen LogP) is 11.9. The minimum Gasteiger partial charge on any atom is -0.352 e. The Morgan fingerprint density at radius 2 is 1.03 bits per heavy atom. The zero-order chi connectivity index (χ0) is 41.0. The van der Waals surface area contributed by atoms with Crippen molar-refractivity contribution in [3.63, 3.8) is 0 Å². The number of benzene rings is 4. The van der Waals surface area contributed by atoms with Gasteiger partial charge in [-0.3, -0.25) is 0 Å². The van der Waals surface area contributed by atoms with E-state index in [1.165, 1.54) is 5.56 Å². The summed E-state index contributed by atoms with van der Waals surface area (Å²) in [7, 11) is 0. The summed E-state index contributed by atoms with van der Waals surface area (Å²) in [4.78, 5) is 28.1. The topological polar surface area (TPSA) is 163 Å². The quantitative estimate of drug-likeness (QED) is 0.0601. The van der Waals surface area contributed by atoms with E-state index in [-0.39, 0.29) is 6.04 Å². The molecule has 0 fully saturated rings. The van der Waals surface area contributed by atoms with Crippen molar-refractivity contribution < 1.29 is 0 Å². The highest BCUT2D eigenvalue weighted by molar-refractivity contribution is 6.42. The number of hydrogen-bond acceptors (Lipinski definition) is 8. The highest BCUT2D eigenvalue weighted by Gasteiger charge is 2.06. The summed E-state index contributed by atoms with van der Waals surface area (Å²) < 4.78 is 0. The van der Waals surface area contributed by atoms with E-state index in [0.717, 1.165) is 39.6 Å². The number of rotatable bonds is 12. The van der Waals surface area contributed by atoms with Crippen LogP contribution in [0.5, 0.6) is 0 Å². The first-order valence-electron chi connectivity index (χ1n) is 17.9. The lowest BCUT2D eigenvalue weighted by Crippen LogP contribution is -2.07. The fourth-order valence-corrected chi connectivity index (χ4v) is 5.91. The highest BCUT2D eigenvalue weighted by atomic mass is 35.5. The molecule has 300 valence electrons. The Bertz CT molecular complexity index is 2300. The van der Waals surface area contributed by atoms with E-state index in [1.807, 2.05) is 66.7 Å². The van der Waals surface area contributed by atoms with Crippen LogP contribution in [0, 0.1) is 0 Å². The molecule has 0 aliphatic carbocycles. The molecule has 8 rings (SSSR count). The zero-order valence-corrected chi connectivity index (χ0v) is 34.9. The minimum absolute atomic E-state index is 0.266. The molecule has 0 aliphatic heterocycles. The zero-order valence-electron chi connectivity index (χ0n) is 31.2. The molecule has 0 saturated heterocycles. The van der Waals surface area contributed by atoms with Gasteiger partial charge in [-0.05, 0) is 59.5 Å². The van der Waals surface area contributed by atoms with Crippen LogP contribution < -0.4 is 21.3 Å².